The molecule has 0 aliphatic rings. The van der Waals surface area contributed by atoms with Gasteiger partial charge in [0.1, 0.15) is 5.82 Å². The molecule has 2 aromatic heterocycles. The zero-order chi connectivity index (χ0) is 20.5. The van der Waals surface area contributed by atoms with Crippen LogP contribution in [0.15, 0.2) is 47.6 Å². The third kappa shape index (κ3) is 4.14. The minimum Gasteiger partial charge on any atom is -0.216 e. The van der Waals surface area contributed by atoms with Crippen LogP contribution in [0.1, 0.15) is 33.6 Å². The lowest BCUT2D eigenvalue weighted by molar-refractivity contribution is 0.617. The maximum Gasteiger partial charge on any atom is 0.253 e. The number of hydrogen-bond acceptors (Lipinski definition) is 4. The van der Waals surface area contributed by atoms with Gasteiger partial charge in [-0.25, -0.2) is 13.9 Å². The zero-order valence-electron chi connectivity index (χ0n) is 16.4. The molecule has 2 aromatic carbocycles. The summed E-state index contributed by atoms with van der Waals surface area (Å²) in [6.45, 7) is 6.12. The summed E-state index contributed by atoms with van der Waals surface area (Å²) in [5.74, 6) is 0.589. The van der Waals surface area contributed by atoms with Crippen molar-refractivity contribution >= 4 is 29.1 Å². The second-order valence-corrected chi connectivity index (χ2v) is 8.37. The molecule has 0 saturated heterocycles. The number of halogens is 2. The van der Waals surface area contributed by atoms with Gasteiger partial charge in [-0.3, -0.25) is 0 Å². The SMILES string of the molecule is Cc1cccc(Cc2c(C)nc3nc(SCc4c(F)cccc4Cl)nn3c2C)c1. The van der Waals surface area contributed by atoms with Crippen LogP contribution in [0, 0.1) is 26.6 Å². The lowest BCUT2D eigenvalue weighted by Crippen LogP contribution is -2.06. The lowest BCUT2D eigenvalue weighted by atomic mass is 10.0. The van der Waals surface area contributed by atoms with E-state index in [-0.39, 0.29) is 5.82 Å². The average molecular weight is 427 g/mol. The van der Waals surface area contributed by atoms with E-state index in [4.69, 9.17) is 11.6 Å². The molecule has 148 valence electrons. The largest absolute Gasteiger partial charge is 0.253 e. The molecule has 4 rings (SSSR count). The number of fused-ring (bicyclic) bond motifs is 1. The van der Waals surface area contributed by atoms with Gasteiger partial charge < -0.3 is 0 Å². The normalized spacial score (nSPS) is 11.3. The van der Waals surface area contributed by atoms with E-state index < -0.39 is 0 Å². The van der Waals surface area contributed by atoms with Gasteiger partial charge in [0.15, 0.2) is 0 Å². The Kier molecular flexibility index (Phi) is 5.56. The summed E-state index contributed by atoms with van der Waals surface area (Å²) in [5, 5.41) is 5.55. The number of rotatable bonds is 5. The van der Waals surface area contributed by atoms with Crippen LogP contribution in [-0.2, 0) is 12.2 Å². The van der Waals surface area contributed by atoms with Gasteiger partial charge in [0, 0.05) is 34.1 Å². The molecular formula is C22H20ClFN4S. The maximum absolute atomic E-state index is 14.0. The Morgan fingerprint density at radius 3 is 2.59 bits per heavy atom. The van der Waals surface area contributed by atoms with Gasteiger partial charge in [0.05, 0.1) is 0 Å². The third-order valence-electron chi connectivity index (χ3n) is 4.90. The van der Waals surface area contributed by atoms with E-state index in [0.29, 0.717) is 27.3 Å². The molecule has 0 amide bonds. The number of benzene rings is 2. The van der Waals surface area contributed by atoms with Gasteiger partial charge in [-0.15, -0.1) is 5.10 Å². The minimum absolute atomic E-state index is 0.320. The Morgan fingerprint density at radius 2 is 1.83 bits per heavy atom. The third-order valence-corrected chi connectivity index (χ3v) is 6.12. The van der Waals surface area contributed by atoms with Crippen molar-refractivity contribution in [2.24, 2.45) is 0 Å². The molecule has 4 aromatic rings. The topological polar surface area (TPSA) is 43.1 Å². The Balaban J connectivity index is 1.63. The molecular weight excluding hydrogens is 407 g/mol. The number of nitrogens with zero attached hydrogens (tertiary/aromatic N) is 4. The first kappa shape index (κ1) is 19.9. The van der Waals surface area contributed by atoms with Crippen LogP contribution >= 0.6 is 23.4 Å². The van der Waals surface area contributed by atoms with Crippen LogP contribution in [-0.4, -0.2) is 19.6 Å². The first-order valence-corrected chi connectivity index (χ1v) is 10.6. The minimum atomic E-state index is -0.320. The molecule has 0 atom stereocenters. The summed E-state index contributed by atoms with van der Waals surface area (Å²) in [7, 11) is 0. The van der Waals surface area contributed by atoms with Crippen LogP contribution in [0.5, 0.6) is 0 Å². The standard InChI is InChI=1S/C22H20ClFN4S/c1-13-6-4-7-16(10-13)11-17-14(2)25-21-26-22(27-28(21)15(17)3)29-12-18-19(23)8-5-9-20(18)24/h4-10H,11-12H2,1-3H3. The molecule has 0 aliphatic carbocycles. The van der Waals surface area contributed by atoms with E-state index in [1.165, 1.54) is 29.0 Å². The van der Waals surface area contributed by atoms with Gasteiger partial charge in [0.2, 0.25) is 5.16 Å². The van der Waals surface area contributed by atoms with Crippen molar-refractivity contribution in [1.29, 1.82) is 0 Å². The molecule has 2 heterocycles. The fourth-order valence-corrected chi connectivity index (χ4v) is 4.50. The van der Waals surface area contributed by atoms with Crippen LogP contribution in [0.4, 0.5) is 4.39 Å². The predicted molar refractivity (Wildman–Crippen MR) is 115 cm³/mol. The summed E-state index contributed by atoms with van der Waals surface area (Å²) >= 11 is 7.46. The molecule has 0 saturated carbocycles. The summed E-state index contributed by atoms with van der Waals surface area (Å²) in [5.41, 5.74) is 6.02. The van der Waals surface area contributed by atoms with Gasteiger partial charge in [-0.2, -0.15) is 4.98 Å². The monoisotopic (exact) mass is 426 g/mol. The quantitative estimate of drug-likeness (QED) is 0.382. The number of aromatic nitrogens is 4. The zero-order valence-corrected chi connectivity index (χ0v) is 18.0. The summed E-state index contributed by atoms with van der Waals surface area (Å²) in [4.78, 5) is 9.15. The summed E-state index contributed by atoms with van der Waals surface area (Å²) in [6.07, 6.45) is 0.787. The Labute approximate surface area is 178 Å². The highest BCUT2D eigenvalue weighted by Crippen LogP contribution is 2.28. The van der Waals surface area contributed by atoms with Crippen LogP contribution < -0.4 is 0 Å². The van der Waals surface area contributed by atoms with E-state index in [1.54, 1.807) is 16.6 Å². The van der Waals surface area contributed by atoms with Crippen molar-refractivity contribution in [2.45, 2.75) is 38.1 Å². The van der Waals surface area contributed by atoms with Crippen molar-refractivity contribution in [3.8, 4) is 0 Å². The molecule has 0 spiro atoms. The molecule has 29 heavy (non-hydrogen) atoms. The molecule has 0 radical (unpaired) electrons. The van der Waals surface area contributed by atoms with Gasteiger partial charge in [0.25, 0.3) is 5.78 Å². The van der Waals surface area contributed by atoms with Gasteiger partial charge in [-0.1, -0.05) is 59.3 Å². The van der Waals surface area contributed by atoms with E-state index in [9.17, 15) is 4.39 Å². The van der Waals surface area contributed by atoms with E-state index in [2.05, 4.69) is 46.3 Å². The summed E-state index contributed by atoms with van der Waals surface area (Å²) < 4.78 is 15.8. The molecule has 7 heteroatoms. The highest BCUT2D eigenvalue weighted by molar-refractivity contribution is 7.98. The van der Waals surface area contributed by atoms with Gasteiger partial charge >= 0.3 is 0 Å². The second-order valence-electron chi connectivity index (χ2n) is 7.02. The number of thioether (sulfide) groups is 1. The Morgan fingerprint density at radius 1 is 1.03 bits per heavy atom. The molecule has 0 aliphatic heterocycles. The van der Waals surface area contributed by atoms with Crippen LogP contribution in [0.2, 0.25) is 5.02 Å². The van der Waals surface area contributed by atoms with Crippen molar-refractivity contribution in [2.75, 3.05) is 0 Å². The lowest BCUT2D eigenvalue weighted by Gasteiger charge is -2.10. The first-order chi connectivity index (χ1) is 13.9. The molecule has 0 fully saturated rings. The molecule has 0 N–H and O–H groups in total. The van der Waals surface area contributed by atoms with Crippen LogP contribution in [0.3, 0.4) is 0 Å². The number of aryl methyl sites for hydroxylation is 3. The predicted octanol–water partition coefficient (Wildman–Crippen LogP) is 5.73. The first-order valence-electron chi connectivity index (χ1n) is 9.26. The average Bonchev–Trinajstić information content (AvgIpc) is 3.08. The van der Waals surface area contributed by atoms with Gasteiger partial charge in [-0.05, 0) is 44.0 Å². The van der Waals surface area contributed by atoms with Crippen molar-refractivity contribution in [1.82, 2.24) is 19.6 Å². The molecule has 0 unspecified atom stereocenters. The van der Waals surface area contributed by atoms with E-state index >= 15 is 0 Å². The Bertz CT molecular complexity index is 1180. The molecule has 4 nitrogen and oxygen atoms in total. The second kappa shape index (κ2) is 8.13. The highest BCUT2D eigenvalue weighted by Gasteiger charge is 2.15. The van der Waals surface area contributed by atoms with Crippen LogP contribution in [0.25, 0.3) is 5.78 Å². The Hall–Kier alpha value is -2.44. The highest BCUT2D eigenvalue weighted by atomic mass is 35.5. The fourth-order valence-electron chi connectivity index (χ4n) is 3.34. The van der Waals surface area contributed by atoms with E-state index in [1.807, 2.05) is 13.8 Å². The fraction of sp³-hybridized carbons (Fsp3) is 0.227. The number of hydrogen-bond donors (Lipinski definition) is 0. The summed E-state index contributed by atoms with van der Waals surface area (Å²) in [6, 6.07) is 13.2. The van der Waals surface area contributed by atoms with Crippen molar-refractivity contribution in [3.05, 3.63) is 86.9 Å². The van der Waals surface area contributed by atoms with Crippen molar-refractivity contribution in [3.63, 3.8) is 0 Å². The van der Waals surface area contributed by atoms with E-state index in [0.717, 1.165) is 23.4 Å². The van der Waals surface area contributed by atoms with Crippen molar-refractivity contribution < 1.29 is 4.39 Å². The maximum atomic E-state index is 14.0. The molecule has 0 bridgehead atoms. The smallest absolute Gasteiger partial charge is 0.216 e.